The number of hydrogen-bond donors (Lipinski definition) is 1. The van der Waals surface area contributed by atoms with E-state index in [2.05, 4.69) is 48.3 Å². The topological polar surface area (TPSA) is 21.3 Å². The van der Waals surface area contributed by atoms with Crippen LogP contribution < -0.4 is 10.1 Å². The first kappa shape index (κ1) is 13.3. The van der Waals surface area contributed by atoms with Gasteiger partial charge >= 0.3 is 0 Å². The fourth-order valence-corrected chi connectivity index (χ4v) is 4.63. The number of rotatable bonds is 5. The van der Waals surface area contributed by atoms with Gasteiger partial charge in [-0.3, -0.25) is 0 Å². The third-order valence-corrected chi connectivity index (χ3v) is 5.50. The van der Waals surface area contributed by atoms with Crippen LogP contribution in [-0.4, -0.2) is 30.7 Å². The standard InChI is InChI=1S/C16H23NOS/c1-2-7-17-15-11-19-10-13(15)8-12-9-18-16-6-4-3-5-14(12)16/h3-6,12-13,15,17H,2,7-11H2,1H3. The lowest BCUT2D eigenvalue weighted by atomic mass is 9.88. The quantitative estimate of drug-likeness (QED) is 0.892. The van der Waals surface area contributed by atoms with Crippen LogP contribution in [0, 0.1) is 5.92 Å². The molecule has 3 unspecified atom stereocenters. The SMILES string of the molecule is CCCNC1CSCC1CC1COc2ccccc21. The van der Waals surface area contributed by atoms with Crippen LogP contribution >= 0.6 is 11.8 Å². The summed E-state index contributed by atoms with van der Waals surface area (Å²) in [5, 5.41) is 3.72. The average molecular weight is 277 g/mol. The molecule has 0 aliphatic carbocycles. The summed E-state index contributed by atoms with van der Waals surface area (Å²) in [6.07, 6.45) is 2.49. The fraction of sp³-hybridized carbons (Fsp3) is 0.625. The molecule has 3 atom stereocenters. The summed E-state index contributed by atoms with van der Waals surface area (Å²) in [7, 11) is 0. The van der Waals surface area contributed by atoms with Gasteiger partial charge in [0.15, 0.2) is 0 Å². The zero-order chi connectivity index (χ0) is 13.1. The number of nitrogens with one attached hydrogen (secondary N) is 1. The van der Waals surface area contributed by atoms with E-state index in [1.54, 1.807) is 0 Å². The van der Waals surface area contributed by atoms with E-state index in [0.29, 0.717) is 12.0 Å². The molecular weight excluding hydrogens is 254 g/mol. The first-order chi connectivity index (χ1) is 9.38. The minimum absolute atomic E-state index is 0.603. The summed E-state index contributed by atoms with van der Waals surface area (Å²) >= 11 is 2.10. The Labute approximate surface area is 120 Å². The lowest BCUT2D eigenvalue weighted by Gasteiger charge is -2.22. The molecule has 2 nitrogen and oxygen atoms in total. The smallest absolute Gasteiger partial charge is 0.122 e. The van der Waals surface area contributed by atoms with Gasteiger partial charge in [-0.2, -0.15) is 11.8 Å². The second-order valence-corrected chi connectivity index (χ2v) is 6.71. The highest BCUT2D eigenvalue weighted by Gasteiger charge is 2.33. The summed E-state index contributed by atoms with van der Waals surface area (Å²) in [6, 6.07) is 9.25. The van der Waals surface area contributed by atoms with Gasteiger partial charge in [0.1, 0.15) is 5.75 Å². The van der Waals surface area contributed by atoms with Crippen molar-refractivity contribution < 1.29 is 4.74 Å². The summed E-state index contributed by atoms with van der Waals surface area (Å²) in [5.74, 6) is 5.10. The van der Waals surface area contributed by atoms with E-state index in [-0.39, 0.29) is 0 Å². The van der Waals surface area contributed by atoms with Crippen LogP contribution in [0.25, 0.3) is 0 Å². The molecule has 2 aliphatic rings. The van der Waals surface area contributed by atoms with Crippen LogP contribution in [0.1, 0.15) is 31.2 Å². The van der Waals surface area contributed by atoms with Gasteiger partial charge in [0, 0.05) is 23.3 Å². The zero-order valence-corrected chi connectivity index (χ0v) is 12.4. The van der Waals surface area contributed by atoms with Crippen LogP contribution in [0.4, 0.5) is 0 Å². The molecule has 2 heterocycles. The largest absolute Gasteiger partial charge is 0.493 e. The van der Waals surface area contributed by atoms with E-state index >= 15 is 0 Å². The lowest BCUT2D eigenvalue weighted by Crippen LogP contribution is -2.36. The Balaban J connectivity index is 1.62. The molecule has 0 radical (unpaired) electrons. The van der Waals surface area contributed by atoms with Gasteiger partial charge in [-0.05, 0) is 37.1 Å². The highest BCUT2D eigenvalue weighted by atomic mass is 32.2. The van der Waals surface area contributed by atoms with Crippen molar-refractivity contribution in [3.8, 4) is 5.75 Å². The summed E-state index contributed by atoms with van der Waals surface area (Å²) < 4.78 is 5.81. The van der Waals surface area contributed by atoms with E-state index in [1.807, 2.05) is 0 Å². The molecule has 104 valence electrons. The number of benzene rings is 1. The molecule has 0 saturated carbocycles. The predicted molar refractivity (Wildman–Crippen MR) is 82.2 cm³/mol. The Bertz CT molecular complexity index is 423. The van der Waals surface area contributed by atoms with Crippen molar-refractivity contribution in [2.24, 2.45) is 5.92 Å². The Morgan fingerprint density at radius 1 is 1.32 bits per heavy atom. The molecular formula is C16H23NOS. The normalized spacial score (nSPS) is 29.2. The number of fused-ring (bicyclic) bond motifs is 1. The van der Waals surface area contributed by atoms with Crippen molar-refractivity contribution in [1.29, 1.82) is 0 Å². The van der Waals surface area contributed by atoms with E-state index in [4.69, 9.17) is 4.74 Å². The highest BCUT2D eigenvalue weighted by Crippen LogP contribution is 2.40. The van der Waals surface area contributed by atoms with Crippen LogP contribution in [0.2, 0.25) is 0 Å². The lowest BCUT2D eigenvalue weighted by molar-refractivity contribution is 0.297. The summed E-state index contributed by atoms with van der Waals surface area (Å²) in [4.78, 5) is 0. The van der Waals surface area contributed by atoms with Crippen molar-refractivity contribution in [2.45, 2.75) is 31.7 Å². The number of hydrogen-bond acceptors (Lipinski definition) is 3. The average Bonchev–Trinajstić information content (AvgIpc) is 3.05. The molecule has 2 aliphatic heterocycles. The summed E-state index contributed by atoms with van der Waals surface area (Å²) in [6.45, 7) is 4.27. The Kier molecular flexibility index (Phi) is 4.34. The molecule has 0 spiro atoms. The van der Waals surface area contributed by atoms with Gasteiger partial charge in [0.25, 0.3) is 0 Å². The Morgan fingerprint density at radius 2 is 2.21 bits per heavy atom. The Morgan fingerprint density at radius 3 is 3.11 bits per heavy atom. The maximum atomic E-state index is 5.81. The molecule has 1 N–H and O–H groups in total. The van der Waals surface area contributed by atoms with Gasteiger partial charge in [0.2, 0.25) is 0 Å². The molecule has 0 aromatic heterocycles. The molecule has 1 fully saturated rings. The third kappa shape index (κ3) is 2.92. The van der Waals surface area contributed by atoms with Crippen molar-refractivity contribution in [3.05, 3.63) is 29.8 Å². The highest BCUT2D eigenvalue weighted by molar-refractivity contribution is 7.99. The number of thioether (sulfide) groups is 1. The molecule has 1 saturated heterocycles. The number of para-hydroxylation sites is 1. The first-order valence-electron chi connectivity index (χ1n) is 7.41. The minimum Gasteiger partial charge on any atom is -0.493 e. The second kappa shape index (κ2) is 6.19. The van der Waals surface area contributed by atoms with Crippen molar-refractivity contribution in [2.75, 3.05) is 24.7 Å². The van der Waals surface area contributed by atoms with E-state index in [0.717, 1.165) is 24.8 Å². The second-order valence-electron chi connectivity index (χ2n) is 5.64. The molecule has 1 aromatic carbocycles. The third-order valence-electron chi connectivity index (χ3n) is 4.24. The molecule has 1 aromatic rings. The fourth-order valence-electron chi connectivity index (χ4n) is 3.18. The monoisotopic (exact) mass is 277 g/mol. The van der Waals surface area contributed by atoms with Crippen molar-refractivity contribution in [1.82, 2.24) is 5.32 Å². The van der Waals surface area contributed by atoms with Crippen LogP contribution in [0.5, 0.6) is 5.75 Å². The maximum Gasteiger partial charge on any atom is 0.122 e. The number of ether oxygens (including phenoxy) is 1. The van der Waals surface area contributed by atoms with Gasteiger partial charge in [0.05, 0.1) is 6.61 Å². The van der Waals surface area contributed by atoms with Crippen LogP contribution in [0.3, 0.4) is 0 Å². The van der Waals surface area contributed by atoms with E-state index in [1.165, 1.54) is 29.9 Å². The summed E-state index contributed by atoms with van der Waals surface area (Å²) in [5.41, 5.74) is 1.42. The van der Waals surface area contributed by atoms with E-state index in [9.17, 15) is 0 Å². The molecule has 0 bridgehead atoms. The molecule has 19 heavy (non-hydrogen) atoms. The molecule has 3 rings (SSSR count). The van der Waals surface area contributed by atoms with Crippen LogP contribution in [-0.2, 0) is 0 Å². The minimum atomic E-state index is 0.603. The first-order valence-corrected chi connectivity index (χ1v) is 8.56. The van der Waals surface area contributed by atoms with Gasteiger partial charge in [-0.15, -0.1) is 0 Å². The molecule has 0 amide bonds. The van der Waals surface area contributed by atoms with E-state index < -0.39 is 0 Å². The van der Waals surface area contributed by atoms with Crippen LogP contribution in [0.15, 0.2) is 24.3 Å². The zero-order valence-electron chi connectivity index (χ0n) is 11.6. The van der Waals surface area contributed by atoms with Gasteiger partial charge < -0.3 is 10.1 Å². The van der Waals surface area contributed by atoms with Gasteiger partial charge in [-0.25, -0.2) is 0 Å². The Hall–Kier alpha value is -0.670. The van der Waals surface area contributed by atoms with Gasteiger partial charge in [-0.1, -0.05) is 25.1 Å². The molecule has 3 heteroatoms. The van der Waals surface area contributed by atoms with Crippen molar-refractivity contribution >= 4 is 11.8 Å². The maximum absolute atomic E-state index is 5.81. The van der Waals surface area contributed by atoms with Crippen molar-refractivity contribution in [3.63, 3.8) is 0 Å². The predicted octanol–water partition coefficient (Wildman–Crippen LogP) is 3.28.